The number of carbonyl (C=O) groups is 1. The molecule has 0 radical (unpaired) electrons. The largest absolute Gasteiger partial charge is 0.433 e. The summed E-state index contributed by atoms with van der Waals surface area (Å²) in [5.41, 5.74) is -1.41. The van der Waals surface area contributed by atoms with E-state index in [0.29, 0.717) is 4.52 Å². The second-order valence-electron chi connectivity index (χ2n) is 6.07. The molecule has 0 atom stereocenters. The summed E-state index contributed by atoms with van der Waals surface area (Å²) in [5.74, 6) is -0.583. The van der Waals surface area contributed by atoms with Crippen molar-refractivity contribution in [3.8, 4) is 0 Å². The van der Waals surface area contributed by atoms with Crippen LogP contribution in [0.1, 0.15) is 42.6 Å². The molecule has 23 heavy (non-hydrogen) atoms. The normalized spacial score (nSPS) is 12.4. The second kappa shape index (κ2) is 5.68. The SMILES string of the molecule is C=CCNC(=O)c1cc2nc(C(C)(C)C)cc(C(F)(F)F)n2n1. The molecule has 0 fully saturated rings. The molecule has 5 nitrogen and oxygen atoms in total. The molecular formula is C15H17F3N4O. The van der Waals surface area contributed by atoms with Gasteiger partial charge in [0, 0.05) is 18.0 Å². The van der Waals surface area contributed by atoms with Crippen LogP contribution in [0.2, 0.25) is 0 Å². The van der Waals surface area contributed by atoms with Gasteiger partial charge in [-0.05, 0) is 6.07 Å². The van der Waals surface area contributed by atoms with Gasteiger partial charge in [0.1, 0.15) is 5.69 Å². The summed E-state index contributed by atoms with van der Waals surface area (Å²) >= 11 is 0. The molecule has 8 heteroatoms. The van der Waals surface area contributed by atoms with Gasteiger partial charge in [-0.25, -0.2) is 9.50 Å². The van der Waals surface area contributed by atoms with E-state index >= 15 is 0 Å². The van der Waals surface area contributed by atoms with Crippen LogP contribution in [0.3, 0.4) is 0 Å². The first kappa shape index (κ1) is 17.0. The van der Waals surface area contributed by atoms with Crippen molar-refractivity contribution in [3.05, 3.63) is 41.9 Å². The Labute approximate surface area is 131 Å². The highest BCUT2D eigenvalue weighted by atomic mass is 19.4. The predicted octanol–water partition coefficient (Wildman–Crippen LogP) is 2.96. The molecule has 124 valence electrons. The molecule has 0 spiro atoms. The number of nitrogens with one attached hydrogen (secondary N) is 1. The minimum Gasteiger partial charge on any atom is -0.347 e. The van der Waals surface area contributed by atoms with Crippen molar-refractivity contribution in [3.63, 3.8) is 0 Å². The Kier molecular flexibility index (Phi) is 4.19. The van der Waals surface area contributed by atoms with Crippen LogP contribution >= 0.6 is 0 Å². The maximum absolute atomic E-state index is 13.3. The summed E-state index contributed by atoms with van der Waals surface area (Å²) < 4.78 is 40.5. The lowest BCUT2D eigenvalue weighted by Crippen LogP contribution is -2.24. The molecule has 2 aromatic rings. The molecule has 1 N–H and O–H groups in total. The Morgan fingerprint density at radius 3 is 2.52 bits per heavy atom. The van der Waals surface area contributed by atoms with Gasteiger partial charge in [0.15, 0.2) is 11.3 Å². The van der Waals surface area contributed by atoms with Crippen LogP contribution in [0.15, 0.2) is 24.8 Å². The Hall–Kier alpha value is -2.38. The van der Waals surface area contributed by atoms with Crippen LogP contribution in [0.4, 0.5) is 13.2 Å². The molecule has 0 unspecified atom stereocenters. The van der Waals surface area contributed by atoms with Crippen molar-refractivity contribution >= 4 is 11.6 Å². The zero-order valence-electron chi connectivity index (χ0n) is 13.0. The molecule has 0 aliphatic carbocycles. The predicted molar refractivity (Wildman–Crippen MR) is 79.2 cm³/mol. The lowest BCUT2D eigenvalue weighted by Gasteiger charge is -2.19. The minimum absolute atomic E-state index is 0.0199. The van der Waals surface area contributed by atoms with Gasteiger partial charge >= 0.3 is 6.18 Å². The smallest absolute Gasteiger partial charge is 0.347 e. The molecule has 2 aromatic heterocycles. The van der Waals surface area contributed by atoms with Crippen molar-refractivity contribution in [1.82, 2.24) is 19.9 Å². The number of aromatic nitrogens is 3. The summed E-state index contributed by atoms with van der Waals surface area (Å²) in [6.45, 7) is 8.94. The third-order valence-electron chi connectivity index (χ3n) is 3.13. The van der Waals surface area contributed by atoms with Gasteiger partial charge in [-0.2, -0.15) is 18.3 Å². The molecule has 0 saturated carbocycles. The molecule has 0 aromatic carbocycles. The average molecular weight is 326 g/mol. The third-order valence-corrected chi connectivity index (χ3v) is 3.13. The van der Waals surface area contributed by atoms with E-state index < -0.39 is 23.2 Å². The van der Waals surface area contributed by atoms with E-state index in [1.807, 2.05) is 0 Å². The molecule has 2 heterocycles. The topological polar surface area (TPSA) is 59.3 Å². The van der Waals surface area contributed by atoms with Gasteiger partial charge in [-0.3, -0.25) is 4.79 Å². The summed E-state index contributed by atoms with van der Waals surface area (Å²) in [6.07, 6.45) is -3.15. The van der Waals surface area contributed by atoms with Gasteiger partial charge in [0.25, 0.3) is 5.91 Å². The summed E-state index contributed by atoms with van der Waals surface area (Å²) in [7, 11) is 0. The van der Waals surface area contributed by atoms with Crippen molar-refractivity contribution in [2.24, 2.45) is 0 Å². The van der Waals surface area contributed by atoms with Crippen molar-refractivity contribution < 1.29 is 18.0 Å². The number of hydrogen-bond donors (Lipinski definition) is 1. The highest BCUT2D eigenvalue weighted by molar-refractivity contribution is 5.93. The van der Waals surface area contributed by atoms with Gasteiger partial charge in [-0.1, -0.05) is 26.8 Å². The number of halogens is 3. The van der Waals surface area contributed by atoms with E-state index in [1.165, 1.54) is 12.1 Å². The monoisotopic (exact) mass is 326 g/mol. The number of carbonyl (C=O) groups excluding carboxylic acids is 1. The molecule has 0 aliphatic heterocycles. The Morgan fingerprint density at radius 1 is 1.35 bits per heavy atom. The van der Waals surface area contributed by atoms with E-state index in [1.54, 1.807) is 20.8 Å². The lowest BCUT2D eigenvalue weighted by molar-refractivity contribution is -0.142. The first-order valence-electron chi connectivity index (χ1n) is 6.91. The van der Waals surface area contributed by atoms with E-state index in [4.69, 9.17) is 0 Å². The van der Waals surface area contributed by atoms with Crippen LogP contribution in [0.5, 0.6) is 0 Å². The standard InChI is InChI=1S/C15H17F3N4O/c1-5-6-19-13(23)9-7-12-20-10(14(2,3)4)8-11(15(16,17)18)22(12)21-9/h5,7-8H,1,6H2,2-4H3,(H,19,23). The van der Waals surface area contributed by atoms with Gasteiger partial charge in [-0.15, -0.1) is 6.58 Å². The number of alkyl halides is 3. The van der Waals surface area contributed by atoms with Crippen LogP contribution < -0.4 is 5.32 Å². The molecule has 2 rings (SSSR count). The first-order chi connectivity index (χ1) is 10.5. The average Bonchev–Trinajstić information content (AvgIpc) is 2.85. The van der Waals surface area contributed by atoms with Crippen molar-refractivity contribution in [2.75, 3.05) is 6.54 Å². The fourth-order valence-electron chi connectivity index (χ4n) is 1.93. The number of nitrogens with zero attached hydrogens (tertiary/aromatic N) is 3. The van der Waals surface area contributed by atoms with E-state index in [0.717, 1.165) is 6.07 Å². The number of fused-ring (bicyclic) bond motifs is 1. The van der Waals surface area contributed by atoms with Gasteiger partial charge < -0.3 is 5.32 Å². The number of rotatable bonds is 3. The summed E-state index contributed by atoms with van der Waals surface area (Å²) in [6, 6.07) is 2.20. The van der Waals surface area contributed by atoms with E-state index in [9.17, 15) is 18.0 Å². The van der Waals surface area contributed by atoms with Crippen molar-refractivity contribution in [2.45, 2.75) is 32.4 Å². The Balaban J connectivity index is 2.63. The molecule has 1 amide bonds. The molecular weight excluding hydrogens is 309 g/mol. The van der Waals surface area contributed by atoms with E-state index in [-0.39, 0.29) is 23.6 Å². The van der Waals surface area contributed by atoms with Crippen LogP contribution in [0.25, 0.3) is 5.65 Å². The molecule has 0 saturated heterocycles. The lowest BCUT2D eigenvalue weighted by atomic mass is 9.91. The van der Waals surface area contributed by atoms with Crippen LogP contribution in [-0.4, -0.2) is 27.0 Å². The number of hydrogen-bond acceptors (Lipinski definition) is 3. The van der Waals surface area contributed by atoms with Crippen LogP contribution in [0, 0.1) is 0 Å². The Morgan fingerprint density at radius 2 is 2.00 bits per heavy atom. The van der Waals surface area contributed by atoms with Crippen LogP contribution in [-0.2, 0) is 11.6 Å². The quantitative estimate of drug-likeness (QED) is 0.882. The minimum atomic E-state index is -4.61. The van der Waals surface area contributed by atoms with E-state index in [2.05, 4.69) is 22.0 Å². The maximum atomic E-state index is 13.3. The maximum Gasteiger partial charge on any atom is 0.433 e. The molecule has 0 aliphatic rings. The highest BCUT2D eigenvalue weighted by Crippen LogP contribution is 2.32. The van der Waals surface area contributed by atoms with Gasteiger partial charge in [0.05, 0.1) is 5.69 Å². The fourth-order valence-corrected chi connectivity index (χ4v) is 1.93. The first-order valence-corrected chi connectivity index (χ1v) is 6.91. The van der Waals surface area contributed by atoms with Crippen molar-refractivity contribution in [1.29, 1.82) is 0 Å². The highest BCUT2D eigenvalue weighted by Gasteiger charge is 2.36. The zero-order valence-corrected chi connectivity index (χ0v) is 13.0. The zero-order chi connectivity index (χ0) is 17.4. The second-order valence-corrected chi connectivity index (χ2v) is 6.07. The Bertz CT molecular complexity index is 756. The molecule has 0 bridgehead atoms. The van der Waals surface area contributed by atoms with Gasteiger partial charge in [0.2, 0.25) is 0 Å². The summed E-state index contributed by atoms with van der Waals surface area (Å²) in [5, 5.41) is 6.21. The fraction of sp³-hybridized carbons (Fsp3) is 0.400. The number of amides is 1. The third kappa shape index (κ3) is 3.52. The summed E-state index contributed by atoms with van der Waals surface area (Å²) in [4.78, 5) is 16.1.